The molecule has 0 saturated heterocycles. The largest absolute Gasteiger partial charge is 0.493 e. The molecule has 0 unspecified atom stereocenters. The second-order valence-corrected chi connectivity index (χ2v) is 6.85. The average molecular weight is 405 g/mol. The summed E-state index contributed by atoms with van der Waals surface area (Å²) >= 11 is 12.1. The Morgan fingerprint density at radius 2 is 1.93 bits per heavy atom. The number of amides is 1. The van der Waals surface area contributed by atoms with E-state index >= 15 is 0 Å². The van der Waals surface area contributed by atoms with Crippen molar-refractivity contribution in [3.05, 3.63) is 63.9 Å². The van der Waals surface area contributed by atoms with Crippen LogP contribution in [0.4, 0.5) is 5.82 Å². The van der Waals surface area contributed by atoms with Crippen molar-refractivity contribution in [1.82, 2.24) is 14.8 Å². The molecule has 1 amide bonds. The van der Waals surface area contributed by atoms with Crippen molar-refractivity contribution < 1.29 is 9.53 Å². The maximum atomic E-state index is 12.3. The van der Waals surface area contributed by atoms with Crippen LogP contribution in [0, 0.1) is 13.8 Å². The average Bonchev–Trinajstić information content (AvgIpc) is 2.96. The highest BCUT2D eigenvalue weighted by molar-refractivity contribution is 6.35. The molecule has 2 heterocycles. The summed E-state index contributed by atoms with van der Waals surface area (Å²) in [5.74, 6) is 1.39. The highest BCUT2D eigenvalue weighted by Crippen LogP contribution is 2.25. The molecular formula is C19H18Cl2N4O2. The van der Waals surface area contributed by atoms with E-state index in [1.165, 1.54) is 10.9 Å². The van der Waals surface area contributed by atoms with Gasteiger partial charge in [-0.3, -0.25) is 4.79 Å². The summed E-state index contributed by atoms with van der Waals surface area (Å²) in [7, 11) is 0. The molecule has 3 aromatic rings. The third kappa shape index (κ3) is 4.99. The predicted molar refractivity (Wildman–Crippen MR) is 106 cm³/mol. The first-order valence-electron chi connectivity index (χ1n) is 8.30. The van der Waals surface area contributed by atoms with E-state index in [0.717, 1.165) is 11.3 Å². The smallest absolute Gasteiger partial charge is 0.228 e. The van der Waals surface area contributed by atoms with Gasteiger partial charge < -0.3 is 10.1 Å². The molecule has 1 aromatic carbocycles. The highest BCUT2D eigenvalue weighted by Gasteiger charge is 2.15. The van der Waals surface area contributed by atoms with Gasteiger partial charge in [-0.25, -0.2) is 4.98 Å². The van der Waals surface area contributed by atoms with Crippen LogP contribution in [0.15, 0.2) is 42.6 Å². The standard InChI is InChI=1S/C19H18Cl2N4O2/c1-12-3-5-15(6-4-12)27-8-7-18(26)23-17-9-13(2)24-25(17)19-16(21)10-14(20)11-22-19/h3-6,9-11H,7-8H2,1-2H3,(H,23,26). The van der Waals surface area contributed by atoms with Gasteiger partial charge in [-0.2, -0.15) is 9.78 Å². The summed E-state index contributed by atoms with van der Waals surface area (Å²) in [6, 6.07) is 11.0. The van der Waals surface area contributed by atoms with Gasteiger partial charge in [-0.1, -0.05) is 40.9 Å². The van der Waals surface area contributed by atoms with Crippen molar-refractivity contribution in [2.75, 3.05) is 11.9 Å². The van der Waals surface area contributed by atoms with Crippen LogP contribution in [0.25, 0.3) is 5.82 Å². The number of benzene rings is 1. The van der Waals surface area contributed by atoms with Gasteiger partial charge in [0.15, 0.2) is 5.82 Å². The van der Waals surface area contributed by atoms with Crippen LogP contribution in [0.5, 0.6) is 5.75 Å². The molecule has 8 heteroatoms. The number of hydrogen-bond acceptors (Lipinski definition) is 4. The van der Waals surface area contributed by atoms with Gasteiger partial charge in [0.2, 0.25) is 5.91 Å². The van der Waals surface area contributed by atoms with Crippen LogP contribution in [0.1, 0.15) is 17.7 Å². The first kappa shape index (κ1) is 19.2. The fourth-order valence-corrected chi connectivity index (χ4v) is 2.87. The number of carbonyl (C=O) groups is 1. The molecule has 0 radical (unpaired) electrons. The normalized spacial score (nSPS) is 10.7. The number of ether oxygens (including phenoxy) is 1. The number of aromatic nitrogens is 3. The number of nitrogens with one attached hydrogen (secondary N) is 1. The quantitative estimate of drug-likeness (QED) is 0.651. The molecule has 0 saturated carbocycles. The molecule has 3 rings (SSSR count). The van der Waals surface area contributed by atoms with Crippen molar-refractivity contribution in [3.8, 4) is 11.6 Å². The first-order chi connectivity index (χ1) is 12.9. The summed E-state index contributed by atoms with van der Waals surface area (Å²) in [5.41, 5.74) is 1.87. The number of aryl methyl sites for hydroxylation is 2. The lowest BCUT2D eigenvalue weighted by molar-refractivity contribution is -0.116. The minimum Gasteiger partial charge on any atom is -0.493 e. The summed E-state index contributed by atoms with van der Waals surface area (Å²) < 4.78 is 7.07. The number of anilines is 1. The second-order valence-electron chi connectivity index (χ2n) is 6.00. The molecule has 1 N–H and O–H groups in total. The van der Waals surface area contributed by atoms with E-state index < -0.39 is 0 Å². The summed E-state index contributed by atoms with van der Waals surface area (Å²) in [5, 5.41) is 7.92. The summed E-state index contributed by atoms with van der Waals surface area (Å²) in [4.78, 5) is 16.5. The third-order valence-electron chi connectivity index (χ3n) is 3.71. The van der Waals surface area contributed by atoms with E-state index in [1.54, 1.807) is 12.1 Å². The molecule has 0 aliphatic rings. The minimum atomic E-state index is -0.201. The maximum absolute atomic E-state index is 12.3. The van der Waals surface area contributed by atoms with E-state index in [-0.39, 0.29) is 18.9 Å². The van der Waals surface area contributed by atoms with Crippen molar-refractivity contribution in [3.63, 3.8) is 0 Å². The molecule has 0 fully saturated rings. The Hall–Kier alpha value is -2.57. The van der Waals surface area contributed by atoms with E-state index in [0.29, 0.717) is 27.4 Å². The molecule has 0 aliphatic heterocycles. The molecule has 27 heavy (non-hydrogen) atoms. The van der Waals surface area contributed by atoms with Gasteiger partial charge in [-0.15, -0.1) is 0 Å². The lowest BCUT2D eigenvalue weighted by Gasteiger charge is -2.10. The molecule has 140 valence electrons. The Kier molecular flexibility index (Phi) is 5.98. The van der Waals surface area contributed by atoms with Gasteiger partial charge >= 0.3 is 0 Å². The Balaban J connectivity index is 1.65. The Labute approximate surface area is 167 Å². The maximum Gasteiger partial charge on any atom is 0.228 e. The SMILES string of the molecule is Cc1ccc(OCCC(=O)Nc2cc(C)nn2-c2ncc(Cl)cc2Cl)cc1. The number of pyridine rings is 1. The third-order valence-corrected chi connectivity index (χ3v) is 4.19. The number of nitrogens with zero attached hydrogens (tertiary/aromatic N) is 3. The topological polar surface area (TPSA) is 69.0 Å². The number of rotatable bonds is 6. The number of carbonyl (C=O) groups excluding carboxylic acids is 1. The predicted octanol–water partition coefficient (Wildman–Crippen LogP) is 4.60. The zero-order chi connectivity index (χ0) is 19.4. The van der Waals surface area contributed by atoms with Crippen LogP contribution < -0.4 is 10.1 Å². The summed E-state index contributed by atoms with van der Waals surface area (Å²) in [6.07, 6.45) is 1.67. The number of halogens is 2. The van der Waals surface area contributed by atoms with Crippen LogP contribution in [0.2, 0.25) is 10.0 Å². The first-order valence-corrected chi connectivity index (χ1v) is 9.05. The van der Waals surface area contributed by atoms with Crippen LogP contribution >= 0.6 is 23.2 Å². The van der Waals surface area contributed by atoms with Crippen LogP contribution in [-0.2, 0) is 4.79 Å². The molecule has 0 aliphatic carbocycles. The zero-order valence-corrected chi connectivity index (χ0v) is 16.4. The molecule has 0 spiro atoms. The summed E-state index contributed by atoms with van der Waals surface area (Å²) in [6.45, 7) is 4.09. The molecule has 2 aromatic heterocycles. The van der Waals surface area contributed by atoms with E-state index in [1.807, 2.05) is 38.1 Å². The van der Waals surface area contributed by atoms with Gasteiger partial charge in [-0.05, 0) is 32.0 Å². The van der Waals surface area contributed by atoms with Gasteiger partial charge in [0.25, 0.3) is 0 Å². The monoisotopic (exact) mass is 404 g/mol. The van der Waals surface area contributed by atoms with Crippen molar-refractivity contribution in [1.29, 1.82) is 0 Å². The van der Waals surface area contributed by atoms with Crippen LogP contribution in [-0.4, -0.2) is 27.3 Å². The second kappa shape index (κ2) is 8.41. The Morgan fingerprint density at radius 3 is 2.63 bits per heavy atom. The van der Waals surface area contributed by atoms with Crippen molar-refractivity contribution in [2.45, 2.75) is 20.3 Å². The van der Waals surface area contributed by atoms with E-state index in [4.69, 9.17) is 27.9 Å². The fraction of sp³-hybridized carbons (Fsp3) is 0.211. The van der Waals surface area contributed by atoms with Crippen molar-refractivity contribution >= 4 is 34.9 Å². The van der Waals surface area contributed by atoms with Gasteiger partial charge in [0, 0.05) is 12.3 Å². The lowest BCUT2D eigenvalue weighted by atomic mass is 10.2. The molecular weight excluding hydrogens is 387 g/mol. The number of hydrogen-bond donors (Lipinski definition) is 1. The highest BCUT2D eigenvalue weighted by atomic mass is 35.5. The van der Waals surface area contributed by atoms with E-state index in [2.05, 4.69) is 15.4 Å². The zero-order valence-electron chi connectivity index (χ0n) is 14.9. The lowest BCUT2D eigenvalue weighted by Crippen LogP contribution is -2.18. The van der Waals surface area contributed by atoms with Crippen molar-refractivity contribution in [2.24, 2.45) is 0 Å². The van der Waals surface area contributed by atoms with E-state index in [9.17, 15) is 4.79 Å². The Bertz CT molecular complexity index is 955. The van der Waals surface area contributed by atoms with Crippen LogP contribution in [0.3, 0.4) is 0 Å². The minimum absolute atomic E-state index is 0.194. The molecule has 0 bridgehead atoms. The van der Waals surface area contributed by atoms with Gasteiger partial charge in [0.05, 0.1) is 28.8 Å². The fourth-order valence-electron chi connectivity index (χ4n) is 2.41. The Morgan fingerprint density at radius 1 is 1.19 bits per heavy atom. The molecule has 6 nitrogen and oxygen atoms in total. The van der Waals surface area contributed by atoms with Gasteiger partial charge in [0.1, 0.15) is 11.6 Å². The molecule has 0 atom stereocenters.